The highest BCUT2D eigenvalue weighted by atomic mass is 127. The number of carbonyl (C=O) groups excluding carboxylic acids is 1. The molecule has 0 radical (unpaired) electrons. The molecule has 2 aromatic rings. The Morgan fingerprint density at radius 3 is 1.90 bits per heavy atom. The molecule has 0 aliphatic rings. The summed E-state index contributed by atoms with van der Waals surface area (Å²) in [5.41, 5.74) is 0.356. The first-order valence-corrected chi connectivity index (χ1v) is 6.69. The maximum atomic E-state index is 12.8. The first-order chi connectivity index (χ1) is 9.39. The van der Waals surface area contributed by atoms with E-state index in [1.807, 2.05) is 22.6 Å². The maximum Gasteiger partial charge on any atom is 0.472 e. The van der Waals surface area contributed by atoms with Crippen LogP contribution in [0.2, 0.25) is 0 Å². The minimum atomic E-state index is -4.93. The molecule has 0 N–H and O–H groups in total. The fourth-order valence-corrected chi connectivity index (χ4v) is 2.04. The Kier molecular flexibility index (Phi) is 4.32. The van der Waals surface area contributed by atoms with Crippen LogP contribution < -0.4 is 4.90 Å². The number of rotatable bonds is 2. The summed E-state index contributed by atoms with van der Waals surface area (Å²) in [7, 11) is 0. The summed E-state index contributed by atoms with van der Waals surface area (Å²) < 4.78 is 39.1. The highest BCUT2D eigenvalue weighted by Gasteiger charge is 2.43. The molecule has 2 aromatic carbocycles. The van der Waals surface area contributed by atoms with Gasteiger partial charge in [0.25, 0.3) is 0 Å². The standard InChI is InChI=1S/C14H9F3INO/c15-14(16,17)13(20)19(11-4-2-1-3-5-11)12-8-6-10(18)7-9-12/h1-9H. The van der Waals surface area contributed by atoms with Gasteiger partial charge in [0.05, 0.1) is 0 Å². The second-order valence-electron chi connectivity index (χ2n) is 3.95. The molecule has 0 saturated heterocycles. The van der Waals surface area contributed by atoms with Crippen LogP contribution in [0.15, 0.2) is 54.6 Å². The highest BCUT2D eigenvalue weighted by molar-refractivity contribution is 14.1. The van der Waals surface area contributed by atoms with Crippen LogP contribution in [0.4, 0.5) is 24.5 Å². The topological polar surface area (TPSA) is 20.3 Å². The quantitative estimate of drug-likeness (QED) is 0.690. The van der Waals surface area contributed by atoms with Crippen LogP contribution in [0.3, 0.4) is 0 Å². The van der Waals surface area contributed by atoms with Gasteiger partial charge in [-0.3, -0.25) is 9.69 Å². The Hall–Kier alpha value is -1.57. The monoisotopic (exact) mass is 391 g/mol. The minimum Gasteiger partial charge on any atom is -0.273 e. The number of anilines is 2. The van der Waals surface area contributed by atoms with Gasteiger partial charge in [0.1, 0.15) is 0 Å². The average Bonchev–Trinajstić information content (AvgIpc) is 2.41. The number of nitrogens with zero attached hydrogens (tertiary/aromatic N) is 1. The first-order valence-electron chi connectivity index (χ1n) is 5.61. The number of hydrogen-bond donors (Lipinski definition) is 0. The molecule has 0 unspecified atom stereocenters. The lowest BCUT2D eigenvalue weighted by Crippen LogP contribution is -2.38. The molecule has 0 atom stereocenters. The van der Waals surface area contributed by atoms with Gasteiger partial charge in [0, 0.05) is 14.9 Å². The van der Waals surface area contributed by atoms with Gasteiger partial charge < -0.3 is 0 Å². The lowest BCUT2D eigenvalue weighted by molar-refractivity contribution is -0.169. The molecular formula is C14H9F3INO. The number of halogens is 4. The fourth-order valence-electron chi connectivity index (χ4n) is 1.68. The number of benzene rings is 2. The van der Waals surface area contributed by atoms with Gasteiger partial charge in [-0.15, -0.1) is 0 Å². The van der Waals surface area contributed by atoms with Crippen LogP contribution in [-0.4, -0.2) is 12.1 Å². The number of para-hydroxylation sites is 1. The molecule has 0 aliphatic heterocycles. The van der Waals surface area contributed by atoms with E-state index >= 15 is 0 Å². The molecule has 104 valence electrons. The Morgan fingerprint density at radius 2 is 1.40 bits per heavy atom. The van der Waals surface area contributed by atoms with Crippen LogP contribution in [0.1, 0.15) is 0 Å². The van der Waals surface area contributed by atoms with Crippen molar-refractivity contribution in [1.82, 2.24) is 0 Å². The summed E-state index contributed by atoms with van der Waals surface area (Å²) >= 11 is 2.04. The van der Waals surface area contributed by atoms with Crippen molar-refractivity contribution in [3.63, 3.8) is 0 Å². The second-order valence-corrected chi connectivity index (χ2v) is 5.20. The van der Waals surface area contributed by atoms with Crippen LogP contribution in [-0.2, 0) is 4.79 Å². The molecule has 20 heavy (non-hydrogen) atoms. The first kappa shape index (κ1) is 14.8. The molecule has 0 aromatic heterocycles. The van der Waals surface area contributed by atoms with Gasteiger partial charge in [-0.05, 0) is 59.0 Å². The van der Waals surface area contributed by atoms with Gasteiger partial charge in [-0.25, -0.2) is 0 Å². The SMILES string of the molecule is O=C(N(c1ccccc1)c1ccc(I)cc1)C(F)(F)F. The molecule has 0 bridgehead atoms. The number of amides is 1. The van der Waals surface area contributed by atoms with E-state index < -0.39 is 12.1 Å². The lowest BCUT2D eigenvalue weighted by Gasteiger charge is -2.24. The molecule has 6 heteroatoms. The highest BCUT2D eigenvalue weighted by Crippen LogP contribution is 2.31. The summed E-state index contributed by atoms with van der Waals surface area (Å²) in [6.07, 6.45) is -4.93. The smallest absolute Gasteiger partial charge is 0.273 e. The number of carbonyl (C=O) groups is 1. The maximum absolute atomic E-state index is 12.8. The van der Waals surface area contributed by atoms with E-state index in [1.165, 1.54) is 24.3 Å². The number of hydrogen-bond acceptors (Lipinski definition) is 1. The Morgan fingerprint density at radius 1 is 0.900 bits per heavy atom. The van der Waals surface area contributed by atoms with Gasteiger partial charge in [0.15, 0.2) is 0 Å². The predicted molar refractivity (Wildman–Crippen MR) is 78.8 cm³/mol. The van der Waals surface area contributed by atoms with Crippen molar-refractivity contribution in [3.8, 4) is 0 Å². The largest absolute Gasteiger partial charge is 0.472 e. The van der Waals surface area contributed by atoms with E-state index in [0.29, 0.717) is 4.90 Å². The third-order valence-electron chi connectivity index (χ3n) is 2.54. The molecule has 2 nitrogen and oxygen atoms in total. The molecule has 0 saturated carbocycles. The molecular weight excluding hydrogens is 382 g/mol. The van der Waals surface area contributed by atoms with Crippen molar-refractivity contribution in [2.24, 2.45) is 0 Å². The van der Waals surface area contributed by atoms with E-state index in [4.69, 9.17) is 0 Å². The van der Waals surface area contributed by atoms with Gasteiger partial charge in [-0.2, -0.15) is 13.2 Å². The van der Waals surface area contributed by atoms with Crippen LogP contribution in [0.5, 0.6) is 0 Å². The van der Waals surface area contributed by atoms with Crippen molar-refractivity contribution in [2.75, 3.05) is 4.90 Å². The van der Waals surface area contributed by atoms with Crippen LogP contribution >= 0.6 is 22.6 Å². The summed E-state index contributed by atoms with van der Waals surface area (Å²) in [4.78, 5) is 12.3. The summed E-state index contributed by atoms with van der Waals surface area (Å²) in [5.74, 6) is -1.91. The second kappa shape index (κ2) is 5.82. The Balaban J connectivity index is 2.50. The average molecular weight is 391 g/mol. The van der Waals surface area contributed by atoms with Crippen molar-refractivity contribution in [2.45, 2.75) is 6.18 Å². The van der Waals surface area contributed by atoms with Crippen LogP contribution in [0, 0.1) is 3.57 Å². The third-order valence-corrected chi connectivity index (χ3v) is 3.26. The lowest BCUT2D eigenvalue weighted by atomic mass is 10.2. The molecule has 1 amide bonds. The van der Waals surface area contributed by atoms with Crippen LogP contribution in [0.25, 0.3) is 0 Å². The number of alkyl halides is 3. The Labute approximate surface area is 127 Å². The fraction of sp³-hybridized carbons (Fsp3) is 0.0714. The molecule has 0 aliphatic carbocycles. The minimum absolute atomic E-state index is 0.177. The third kappa shape index (κ3) is 3.30. The normalized spacial score (nSPS) is 11.2. The summed E-state index contributed by atoms with van der Waals surface area (Å²) in [5, 5.41) is 0. The van der Waals surface area contributed by atoms with E-state index in [1.54, 1.807) is 30.3 Å². The van der Waals surface area contributed by atoms with E-state index in [9.17, 15) is 18.0 Å². The van der Waals surface area contributed by atoms with E-state index in [-0.39, 0.29) is 11.4 Å². The molecule has 2 rings (SSSR count). The van der Waals surface area contributed by atoms with Gasteiger partial charge >= 0.3 is 12.1 Å². The van der Waals surface area contributed by atoms with E-state index in [0.717, 1.165) is 3.57 Å². The molecule has 0 fully saturated rings. The summed E-state index contributed by atoms with van der Waals surface area (Å²) in [6, 6.07) is 14.0. The molecule has 0 heterocycles. The van der Waals surface area contributed by atoms with Gasteiger partial charge in [-0.1, -0.05) is 18.2 Å². The zero-order chi connectivity index (χ0) is 14.8. The Bertz CT molecular complexity index is 596. The predicted octanol–water partition coefficient (Wildman–Crippen LogP) is 4.52. The summed E-state index contributed by atoms with van der Waals surface area (Å²) in [6.45, 7) is 0. The zero-order valence-electron chi connectivity index (χ0n) is 10.1. The van der Waals surface area contributed by atoms with Crippen molar-refractivity contribution >= 4 is 39.9 Å². The van der Waals surface area contributed by atoms with Crippen molar-refractivity contribution in [1.29, 1.82) is 0 Å². The van der Waals surface area contributed by atoms with Crippen molar-refractivity contribution in [3.05, 3.63) is 58.2 Å². The molecule has 0 spiro atoms. The van der Waals surface area contributed by atoms with Gasteiger partial charge in [0.2, 0.25) is 0 Å². The van der Waals surface area contributed by atoms with E-state index in [2.05, 4.69) is 0 Å². The zero-order valence-corrected chi connectivity index (χ0v) is 12.2. The van der Waals surface area contributed by atoms with Crippen molar-refractivity contribution < 1.29 is 18.0 Å².